The first-order valence-electron chi connectivity index (χ1n) is 9.49. The Bertz CT molecular complexity index is 1310. The second-order valence-electron chi connectivity index (χ2n) is 7.19. The molecule has 2 aromatic heterocycles. The molecule has 2 aromatic carbocycles. The highest BCUT2D eigenvalue weighted by molar-refractivity contribution is 7.16. The molecule has 4 rings (SSSR count). The lowest BCUT2D eigenvalue weighted by molar-refractivity contribution is 0.102. The van der Waals surface area contributed by atoms with Crippen LogP contribution in [0.3, 0.4) is 0 Å². The van der Waals surface area contributed by atoms with Gasteiger partial charge < -0.3 is 10.1 Å². The maximum atomic E-state index is 12.7. The van der Waals surface area contributed by atoms with Crippen molar-refractivity contribution in [2.75, 3.05) is 5.32 Å². The van der Waals surface area contributed by atoms with Crippen molar-refractivity contribution in [3.63, 3.8) is 0 Å². The topological polar surface area (TPSA) is 72.7 Å². The Balaban J connectivity index is 1.56. The number of aromatic nitrogens is 2. The van der Waals surface area contributed by atoms with Gasteiger partial charge in [-0.15, -0.1) is 11.3 Å². The van der Waals surface area contributed by atoms with Crippen LogP contribution in [-0.2, 0) is 6.61 Å². The SMILES string of the molecule is Cc1cccc(C(=O)Nc2cc(C)ccc2OCc2cc(=O)n3cc(C)sc3n2)c1. The van der Waals surface area contributed by atoms with E-state index in [0.717, 1.165) is 16.0 Å². The number of hydrogen-bond donors (Lipinski definition) is 1. The minimum atomic E-state index is -0.207. The molecule has 1 N–H and O–H groups in total. The number of nitrogens with zero attached hydrogens (tertiary/aromatic N) is 2. The van der Waals surface area contributed by atoms with Gasteiger partial charge in [0.1, 0.15) is 12.4 Å². The van der Waals surface area contributed by atoms with Gasteiger partial charge >= 0.3 is 0 Å². The lowest BCUT2D eigenvalue weighted by atomic mass is 10.1. The summed E-state index contributed by atoms with van der Waals surface area (Å²) in [4.78, 5) is 31.1. The Hall–Kier alpha value is -3.45. The zero-order valence-corrected chi connectivity index (χ0v) is 17.7. The second kappa shape index (κ2) is 8.12. The van der Waals surface area contributed by atoms with Crippen LogP contribution in [0.25, 0.3) is 4.96 Å². The highest BCUT2D eigenvalue weighted by Crippen LogP contribution is 2.27. The predicted octanol–water partition coefficient (Wildman–Crippen LogP) is 4.51. The van der Waals surface area contributed by atoms with Gasteiger partial charge in [0.25, 0.3) is 11.5 Å². The zero-order chi connectivity index (χ0) is 21.3. The number of amides is 1. The second-order valence-corrected chi connectivity index (χ2v) is 8.41. The van der Waals surface area contributed by atoms with Crippen LogP contribution in [0.4, 0.5) is 5.69 Å². The van der Waals surface area contributed by atoms with Crippen molar-refractivity contribution >= 4 is 27.9 Å². The fourth-order valence-electron chi connectivity index (χ4n) is 3.13. The Morgan fingerprint density at radius 3 is 2.70 bits per heavy atom. The summed E-state index contributed by atoms with van der Waals surface area (Å²) in [5.74, 6) is 0.312. The number of hydrogen-bond acceptors (Lipinski definition) is 5. The van der Waals surface area contributed by atoms with E-state index in [1.165, 1.54) is 21.8 Å². The predicted molar refractivity (Wildman–Crippen MR) is 119 cm³/mol. The van der Waals surface area contributed by atoms with Crippen molar-refractivity contribution in [2.45, 2.75) is 27.4 Å². The maximum absolute atomic E-state index is 12.7. The molecule has 0 saturated heterocycles. The van der Waals surface area contributed by atoms with E-state index in [1.54, 1.807) is 12.3 Å². The molecule has 0 spiro atoms. The van der Waals surface area contributed by atoms with Crippen molar-refractivity contribution in [1.82, 2.24) is 9.38 Å². The Labute approximate surface area is 177 Å². The number of nitrogens with one attached hydrogen (secondary N) is 1. The zero-order valence-electron chi connectivity index (χ0n) is 16.9. The number of anilines is 1. The molecule has 30 heavy (non-hydrogen) atoms. The third-order valence-corrected chi connectivity index (χ3v) is 5.47. The Morgan fingerprint density at radius 1 is 1.10 bits per heavy atom. The number of rotatable bonds is 5. The first-order valence-corrected chi connectivity index (χ1v) is 10.3. The molecule has 4 aromatic rings. The molecule has 0 radical (unpaired) electrons. The molecule has 0 bridgehead atoms. The van der Waals surface area contributed by atoms with Crippen molar-refractivity contribution < 1.29 is 9.53 Å². The summed E-state index contributed by atoms with van der Waals surface area (Å²) in [5.41, 5.74) is 3.56. The van der Waals surface area contributed by atoms with Crippen LogP contribution < -0.4 is 15.6 Å². The Kier molecular flexibility index (Phi) is 5.37. The van der Waals surface area contributed by atoms with E-state index in [-0.39, 0.29) is 18.1 Å². The molecule has 7 heteroatoms. The van der Waals surface area contributed by atoms with E-state index >= 15 is 0 Å². The van der Waals surface area contributed by atoms with Gasteiger partial charge in [0.2, 0.25) is 0 Å². The largest absolute Gasteiger partial charge is 0.485 e. The van der Waals surface area contributed by atoms with Gasteiger partial charge in [0.05, 0.1) is 11.4 Å². The molecule has 0 aliphatic carbocycles. The smallest absolute Gasteiger partial charge is 0.258 e. The van der Waals surface area contributed by atoms with Gasteiger partial charge in [-0.1, -0.05) is 23.8 Å². The normalized spacial score (nSPS) is 10.9. The highest BCUT2D eigenvalue weighted by Gasteiger charge is 2.12. The van der Waals surface area contributed by atoms with Crippen molar-refractivity contribution in [2.24, 2.45) is 0 Å². The first-order chi connectivity index (χ1) is 14.4. The van der Waals surface area contributed by atoms with E-state index in [9.17, 15) is 9.59 Å². The number of thiazole rings is 1. The minimum absolute atomic E-state index is 0.124. The minimum Gasteiger partial charge on any atom is -0.485 e. The standard InChI is InChI=1S/C23H21N3O3S/c1-14-5-4-6-17(9-14)22(28)25-19-10-15(2)7-8-20(19)29-13-18-11-21(27)26-12-16(3)30-23(26)24-18/h4-12H,13H2,1-3H3,(H,25,28). The molecule has 152 valence electrons. The quantitative estimate of drug-likeness (QED) is 0.516. The van der Waals surface area contributed by atoms with Gasteiger partial charge in [-0.2, -0.15) is 0 Å². The van der Waals surface area contributed by atoms with E-state index in [4.69, 9.17) is 4.74 Å². The van der Waals surface area contributed by atoms with E-state index in [0.29, 0.717) is 27.7 Å². The number of fused-ring (bicyclic) bond motifs is 1. The van der Waals surface area contributed by atoms with Gasteiger partial charge in [-0.05, 0) is 50.6 Å². The third kappa shape index (κ3) is 4.26. The number of ether oxygens (including phenoxy) is 1. The van der Waals surface area contributed by atoms with Gasteiger partial charge in [0, 0.05) is 22.7 Å². The van der Waals surface area contributed by atoms with Crippen LogP contribution in [0.2, 0.25) is 0 Å². The molecular formula is C23H21N3O3S. The molecule has 6 nitrogen and oxygen atoms in total. The van der Waals surface area contributed by atoms with E-state index in [1.807, 2.05) is 57.2 Å². The number of benzene rings is 2. The van der Waals surface area contributed by atoms with Crippen LogP contribution in [0, 0.1) is 20.8 Å². The number of carbonyl (C=O) groups excluding carboxylic acids is 1. The maximum Gasteiger partial charge on any atom is 0.258 e. The van der Waals surface area contributed by atoms with Crippen LogP contribution in [0.15, 0.2) is 59.5 Å². The van der Waals surface area contributed by atoms with Crippen LogP contribution in [0.5, 0.6) is 5.75 Å². The van der Waals surface area contributed by atoms with E-state index in [2.05, 4.69) is 10.3 Å². The molecule has 0 unspecified atom stereocenters. The highest BCUT2D eigenvalue weighted by atomic mass is 32.1. The summed E-state index contributed by atoms with van der Waals surface area (Å²) in [5, 5.41) is 2.93. The third-order valence-electron chi connectivity index (χ3n) is 4.58. The fraction of sp³-hybridized carbons (Fsp3) is 0.174. The summed E-state index contributed by atoms with van der Waals surface area (Å²) < 4.78 is 7.46. The molecule has 0 fully saturated rings. The van der Waals surface area contributed by atoms with E-state index < -0.39 is 0 Å². The monoisotopic (exact) mass is 419 g/mol. The molecule has 0 atom stereocenters. The lowest BCUT2D eigenvalue weighted by Crippen LogP contribution is -2.15. The van der Waals surface area contributed by atoms with Gasteiger partial charge in [0.15, 0.2) is 4.96 Å². The molecule has 2 heterocycles. The fourth-order valence-corrected chi connectivity index (χ4v) is 3.98. The summed E-state index contributed by atoms with van der Waals surface area (Å²) in [6.45, 7) is 5.95. The molecule has 0 saturated carbocycles. The average molecular weight is 420 g/mol. The van der Waals surface area contributed by atoms with Crippen molar-refractivity contribution in [3.05, 3.63) is 92.3 Å². The summed E-state index contributed by atoms with van der Waals surface area (Å²) in [6.07, 6.45) is 1.78. The van der Waals surface area contributed by atoms with Crippen molar-refractivity contribution in [3.8, 4) is 5.75 Å². The first kappa shape index (κ1) is 19.8. The summed E-state index contributed by atoms with van der Waals surface area (Å²) in [6, 6.07) is 14.4. The van der Waals surface area contributed by atoms with Crippen molar-refractivity contribution in [1.29, 1.82) is 0 Å². The van der Waals surface area contributed by atoms with Gasteiger partial charge in [-0.3, -0.25) is 14.0 Å². The van der Waals surface area contributed by atoms with Crippen LogP contribution in [0.1, 0.15) is 32.1 Å². The lowest BCUT2D eigenvalue weighted by Gasteiger charge is -2.13. The molecule has 1 amide bonds. The van der Waals surface area contributed by atoms with Crippen LogP contribution in [-0.4, -0.2) is 15.3 Å². The summed E-state index contributed by atoms with van der Waals surface area (Å²) in [7, 11) is 0. The molecule has 0 aliphatic heterocycles. The average Bonchev–Trinajstić information content (AvgIpc) is 3.08. The number of aryl methyl sites for hydroxylation is 3. The number of carbonyl (C=O) groups is 1. The molecule has 0 aliphatic rings. The Morgan fingerprint density at radius 2 is 1.90 bits per heavy atom. The summed E-state index contributed by atoms with van der Waals surface area (Å²) >= 11 is 1.45. The van der Waals surface area contributed by atoms with Gasteiger partial charge in [-0.25, -0.2) is 4.98 Å². The molecular weight excluding hydrogens is 398 g/mol. The van der Waals surface area contributed by atoms with Crippen LogP contribution >= 0.6 is 11.3 Å².